The number of thioether (sulfide) groups is 1. The van der Waals surface area contributed by atoms with Crippen LogP contribution in [-0.4, -0.2) is 40.2 Å². The first kappa shape index (κ1) is 19.7. The van der Waals surface area contributed by atoms with Gasteiger partial charge in [-0.15, -0.1) is 16.8 Å². The highest BCUT2D eigenvalue weighted by atomic mass is 32.2. The molecule has 0 aliphatic rings. The fourth-order valence-corrected chi connectivity index (χ4v) is 3.33. The van der Waals surface area contributed by atoms with Gasteiger partial charge in [0, 0.05) is 17.9 Å². The van der Waals surface area contributed by atoms with Crippen molar-refractivity contribution >= 4 is 17.7 Å². The summed E-state index contributed by atoms with van der Waals surface area (Å²) in [5, 5.41) is 9.35. The molecule has 1 aromatic heterocycles. The highest BCUT2D eigenvalue weighted by molar-refractivity contribution is 7.99. The molecule has 0 aliphatic heterocycles. The molecule has 6 nitrogen and oxygen atoms in total. The number of ether oxygens (including phenoxy) is 2. The molecule has 0 N–H and O–H groups in total. The second kappa shape index (κ2) is 9.75. The Kier molecular flexibility index (Phi) is 6.86. The minimum Gasteiger partial charge on any atom is -0.497 e. The van der Waals surface area contributed by atoms with Gasteiger partial charge in [0.15, 0.2) is 11.0 Å². The Bertz CT molecular complexity index is 924. The summed E-state index contributed by atoms with van der Waals surface area (Å²) in [6.45, 7) is 4.69. The van der Waals surface area contributed by atoms with Crippen LogP contribution in [0.3, 0.4) is 0 Å². The Morgan fingerprint density at radius 3 is 2.57 bits per heavy atom. The van der Waals surface area contributed by atoms with E-state index in [0.29, 0.717) is 17.9 Å². The molecule has 0 amide bonds. The predicted octanol–water partition coefficient (Wildman–Crippen LogP) is 4.09. The third kappa shape index (κ3) is 4.80. The topological polar surface area (TPSA) is 66.2 Å². The molecule has 0 saturated carbocycles. The van der Waals surface area contributed by atoms with Crippen molar-refractivity contribution in [1.29, 1.82) is 0 Å². The standard InChI is InChI=1S/C21H21N3O3S/c1-3-13-24-19(16-9-11-18(26-2)12-10-16)22-23-21(24)28-15-14-27-20(25)17-7-5-4-6-8-17/h3-12H,1,13-15H2,2H3. The van der Waals surface area contributed by atoms with Crippen molar-refractivity contribution < 1.29 is 14.3 Å². The van der Waals surface area contributed by atoms with E-state index in [4.69, 9.17) is 9.47 Å². The number of allylic oxidation sites excluding steroid dienone is 1. The van der Waals surface area contributed by atoms with E-state index >= 15 is 0 Å². The predicted molar refractivity (Wildman–Crippen MR) is 110 cm³/mol. The summed E-state index contributed by atoms with van der Waals surface area (Å²) in [4.78, 5) is 12.0. The van der Waals surface area contributed by atoms with Crippen molar-refractivity contribution in [3.8, 4) is 17.1 Å². The molecule has 0 unspecified atom stereocenters. The van der Waals surface area contributed by atoms with Gasteiger partial charge in [0.05, 0.1) is 12.7 Å². The number of hydrogen-bond donors (Lipinski definition) is 0. The number of carbonyl (C=O) groups excluding carboxylic acids is 1. The second-order valence-corrected chi connectivity index (χ2v) is 6.85. The molecule has 0 bridgehead atoms. The zero-order chi connectivity index (χ0) is 19.8. The summed E-state index contributed by atoms with van der Waals surface area (Å²) in [7, 11) is 1.63. The molecule has 2 aromatic carbocycles. The van der Waals surface area contributed by atoms with E-state index < -0.39 is 0 Å². The van der Waals surface area contributed by atoms with Crippen LogP contribution < -0.4 is 4.74 Å². The first-order valence-corrected chi connectivity index (χ1v) is 9.75. The Balaban J connectivity index is 1.63. The molecule has 3 aromatic rings. The van der Waals surface area contributed by atoms with Gasteiger partial charge in [0.1, 0.15) is 12.4 Å². The van der Waals surface area contributed by atoms with Gasteiger partial charge in [0.2, 0.25) is 0 Å². The van der Waals surface area contributed by atoms with Crippen LogP contribution in [0.15, 0.2) is 72.4 Å². The molecular weight excluding hydrogens is 374 g/mol. The first-order valence-electron chi connectivity index (χ1n) is 8.76. The quantitative estimate of drug-likeness (QED) is 0.235. The summed E-state index contributed by atoms with van der Waals surface area (Å²) in [6, 6.07) is 16.6. The Labute approximate surface area is 168 Å². The molecule has 1 heterocycles. The van der Waals surface area contributed by atoms with E-state index in [1.54, 1.807) is 25.3 Å². The average molecular weight is 395 g/mol. The number of carbonyl (C=O) groups is 1. The second-order valence-electron chi connectivity index (χ2n) is 5.78. The van der Waals surface area contributed by atoms with Crippen molar-refractivity contribution in [2.45, 2.75) is 11.7 Å². The van der Waals surface area contributed by atoms with E-state index in [9.17, 15) is 4.79 Å². The molecule has 0 spiro atoms. The van der Waals surface area contributed by atoms with Crippen LogP contribution in [0.4, 0.5) is 0 Å². The van der Waals surface area contributed by atoms with Crippen LogP contribution in [0.25, 0.3) is 11.4 Å². The Morgan fingerprint density at radius 1 is 1.14 bits per heavy atom. The normalized spacial score (nSPS) is 10.5. The number of methoxy groups -OCH3 is 1. The summed E-state index contributed by atoms with van der Waals surface area (Å²) in [5.74, 6) is 1.79. The zero-order valence-corrected chi connectivity index (χ0v) is 16.4. The van der Waals surface area contributed by atoms with Crippen molar-refractivity contribution in [1.82, 2.24) is 14.8 Å². The van der Waals surface area contributed by atoms with Gasteiger partial charge in [-0.25, -0.2) is 4.79 Å². The van der Waals surface area contributed by atoms with Crippen LogP contribution in [0, 0.1) is 0 Å². The monoisotopic (exact) mass is 395 g/mol. The number of rotatable bonds is 9. The Morgan fingerprint density at radius 2 is 1.89 bits per heavy atom. The number of nitrogens with zero attached hydrogens (tertiary/aromatic N) is 3. The maximum absolute atomic E-state index is 12.0. The lowest BCUT2D eigenvalue weighted by atomic mass is 10.2. The van der Waals surface area contributed by atoms with E-state index in [1.807, 2.05) is 47.0 Å². The average Bonchev–Trinajstić information content (AvgIpc) is 3.14. The van der Waals surface area contributed by atoms with E-state index in [2.05, 4.69) is 16.8 Å². The summed E-state index contributed by atoms with van der Waals surface area (Å²) >= 11 is 1.49. The molecule has 0 fully saturated rings. The minimum atomic E-state index is -0.326. The van der Waals surface area contributed by atoms with E-state index in [-0.39, 0.29) is 12.6 Å². The molecule has 0 radical (unpaired) electrons. The third-order valence-corrected chi connectivity index (χ3v) is 4.86. The summed E-state index contributed by atoms with van der Waals surface area (Å²) in [5.41, 5.74) is 1.49. The zero-order valence-electron chi connectivity index (χ0n) is 15.6. The van der Waals surface area contributed by atoms with Gasteiger partial charge in [-0.1, -0.05) is 36.0 Å². The molecule has 0 atom stereocenters. The van der Waals surface area contributed by atoms with Crippen LogP contribution in [-0.2, 0) is 11.3 Å². The minimum absolute atomic E-state index is 0.289. The van der Waals surface area contributed by atoms with Gasteiger partial charge in [0.25, 0.3) is 0 Å². The van der Waals surface area contributed by atoms with Crippen LogP contribution >= 0.6 is 11.8 Å². The summed E-state index contributed by atoms with van der Waals surface area (Å²) in [6.07, 6.45) is 1.80. The van der Waals surface area contributed by atoms with Crippen molar-refractivity contribution in [2.75, 3.05) is 19.5 Å². The van der Waals surface area contributed by atoms with Gasteiger partial charge in [-0.05, 0) is 36.4 Å². The van der Waals surface area contributed by atoms with Crippen LogP contribution in [0.5, 0.6) is 5.75 Å². The lowest BCUT2D eigenvalue weighted by molar-refractivity contribution is 0.0530. The van der Waals surface area contributed by atoms with Gasteiger partial charge < -0.3 is 9.47 Å². The highest BCUT2D eigenvalue weighted by Crippen LogP contribution is 2.25. The smallest absolute Gasteiger partial charge is 0.338 e. The van der Waals surface area contributed by atoms with Crippen molar-refractivity contribution in [2.24, 2.45) is 0 Å². The van der Waals surface area contributed by atoms with Crippen LogP contribution in [0.1, 0.15) is 10.4 Å². The Hall–Kier alpha value is -3.06. The fraction of sp³-hybridized carbons (Fsp3) is 0.190. The van der Waals surface area contributed by atoms with Crippen molar-refractivity contribution in [3.63, 3.8) is 0 Å². The molecule has 3 rings (SSSR count). The third-order valence-electron chi connectivity index (χ3n) is 3.93. The molecule has 0 saturated heterocycles. The number of hydrogen-bond acceptors (Lipinski definition) is 6. The molecular formula is C21H21N3O3S. The highest BCUT2D eigenvalue weighted by Gasteiger charge is 2.14. The number of esters is 1. The molecule has 144 valence electrons. The summed E-state index contributed by atoms with van der Waals surface area (Å²) < 4.78 is 12.5. The van der Waals surface area contributed by atoms with E-state index in [0.717, 1.165) is 22.3 Å². The van der Waals surface area contributed by atoms with Gasteiger partial charge in [-0.3, -0.25) is 4.57 Å². The largest absolute Gasteiger partial charge is 0.497 e. The molecule has 7 heteroatoms. The van der Waals surface area contributed by atoms with Crippen LogP contribution in [0.2, 0.25) is 0 Å². The molecule has 28 heavy (non-hydrogen) atoms. The fourth-order valence-electron chi connectivity index (χ4n) is 2.57. The maximum Gasteiger partial charge on any atom is 0.338 e. The van der Waals surface area contributed by atoms with Gasteiger partial charge >= 0.3 is 5.97 Å². The van der Waals surface area contributed by atoms with E-state index in [1.165, 1.54) is 11.8 Å². The maximum atomic E-state index is 12.0. The van der Waals surface area contributed by atoms with Gasteiger partial charge in [-0.2, -0.15) is 0 Å². The SMILES string of the molecule is C=CCn1c(SCCOC(=O)c2ccccc2)nnc1-c1ccc(OC)cc1. The molecule has 0 aliphatic carbocycles. The lowest BCUT2D eigenvalue weighted by Gasteiger charge is -2.08. The number of benzene rings is 2. The first-order chi connectivity index (χ1) is 13.7. The lowest BCUT2D eigenvalue weighted by Crippen LogP contribution is -2.08. The van der Waals surface area contributed by atoms with Crippen molar-refractivity contribution in [3.05, 3.63) is 72.8 Å². The number of aromatic nitrogens is 3.